The Morgan fingerprint density at radius 1 is 1.42 bits per heavy atom. The highest BCUT2D eigenvalue weighted by atomic mass is 32.2. The van der Waals surface area contributed by atoms with Crippen molar-refractivity contribution in [2.75, 3.05) is 17.2 Å². The SMILES string of the molecule is CC(C)S(=O)(=O)CCSc1nc(N)c2ccsc2n1. The van der Waals surface area contributed by atoms with Crippen LogP contribution in [-0.4, -0.2) is 35.1 Å². The van der Waals surface area contributed by atoms with E-state index < -0.39 is 9.84 Å². The van der Waals surface area contributed by atoms with Crippen LogP contribution in [0.1, 0.15) is 13.8 Å². The van der Waals surface area contributed by atoms with Crippen molar-refractivity contribution >= 4 is 49.0 Å². The molecule has 0 aromatic carbocycles. The highest BCUT2D eigenvalue weighted by Gasteiger charge is 2.16. The van der Waals surface area contributed by atoms with Crippen molar-refractivity contribution < 1.29 is 8.42 Å². The molecule has 0 unspecified atom stereocenters. The largest absolute Gasteiger partial charge is 0.383 e. The third kappa shape index (κ3) is 3.37. The van der Waals surface area contributed by atoms with Crippen LogP contribution in [0, 0.1) is 0 Å². The maximum Gasteiger partial charge on any atom is 0.190 e. The van der Waals surface area contributed by atoms with Gasteiger partial charge in [-0.05, 0) is 25.3 Å². The zero-order valence-corrected chi connectivity index (χ0v) is 13.1. The predicted molar refractivity (Wildman–Crippen MR) is 81.5 cm³/mol. The van der Waals surface area contributed by atoms with Crippen molar-refractivity contribution in [3.63, 3.8) is 0 Å². The molecule has 2 heterocycles. The van der Waals surface area contributed by atoms with Crippen molar-refractivity contribution in [2.24, 2.45) is 0 Å². The van der Waals surface area contributed by atoms with Crippen LogP contribution in [0.5, 0.6) is 0 Å². The van der Waals surface area contributed by atoms with Gasteiger partial charge >= 0.3 is 0 Å². The molecular formula is C11H15N3O2S3. The number of thioether (sulfide) groups is 1. The number of thiophene rings is 1. The molecule has 2 N–H and O–H groups in total. The van der Waals surface area contributed by atoms with Gasteiger partial charge in [0.05, 0.1) is 16.4 Å². The summed E-state index contributed by atoms with van der Waals surface area (Å²) in [4.78, 5) is 9.37. The Morgan fingerprint density at radius 3 is 2.84 bits per heavy atom. The molecule has 0 spiro atoms. The molecule has 0 fully saturated rings. The Hall–Kier alpha value is -0.860. The Morgan fingerprint density at radius 2 is 2.16 bits per heavy atom. The summed E-state index contributed by atoms with van der Waals surface area (Å²) in [6, 6.07) is 1.88. The van der Waals surface area contributed by atoms with E-state index in [2.05, 4.69) is 9.97 Å². The minimum atomic E-state index is -3.02. The molecule has 19 heavy (non-hydrogen) atoms. The molecule has 0 aliphatic rings. The summed E-state index contributed by atoms with van der Waals surface area (Å²) in [6.07, 6.45) is 0. The summed E-state index contributed by atoms with van der Waals surface area (Å²) in [5.41, 5.74) is 5.83. The number of fused-ring (bicyclic) bond motifs is 1. The van der Waals surface area contributed by atoms with Gasteiger partial charge < -0.3 is 5.73 Å². The second-order valence-corrected chi connectivity index (χ2v) is 8.93. The van der Waals surface area contributed by atoms with Crippen molar-refractivity contribution in [3.05, 3.63) is 11.4 Å². The van der Waals surface area contributed by atoms with Gasteiger partial charge in [0.25, 0.3) is 0 Å². The summed E-state index contributed by atoms with van der Waals surface area (Å²) in [6.45, 7) is 3.37. The van der Waals surface area contributed by atoms with E-state index >= 15 is 0 Å². The van der Waals surface area contributed by atoms with E-state index in [1.54, 1.807) is 13.8 Å². The lowest BCUT2D eigenvalue weighted by Crippen LogP contribution is -2.19. The zero-order valence-electron chi connectivity index (χ0n) is 10.7. The van der Waals surface area contributed by atoms with Gasteiger partial charge in [0.15, 0.2) is 15.0 Å². The quantitative estimate of drug-likeness (QED) is 0.672. The Bertz CT molecular complexity index is 680. The molecular weight excluding hydrogens is 302 g/mol. The van der Waals surface area contributed by atoms with E-state index in [0.717, 1.165) is 10.2 Å². The van der Waals surface area contributed by atoms with Crippen LogP contribution in [0.2, 0.25) is 0 Å². The van der Waals surface area contributed by atoms with Crippen LogP contribution < -0.4 is 5.73 Å². The summed E-state index contributed by atoms with van der Waals surface area (Å²) in [5, 5.41) is 2.95. The minimum absolute atomic E-state index is 0.126. The Kier molecular flexibility index (Phi) is 4.32. The number of nitrogens with two attached hydrogens (primary N) is 1. The molecule has 0 aliphatic heterocycles. The second kappa shape index (κ2) is 5.64. The summed E-state index contributed by atoms with van der Waals surface area (Å²) >= 11 is 2.82. The van der Waals surface area contributed by atoms with Crippen LogP contribution in [0.3, 0.4) is 0 Å². The fourth-order valence-electron chi connectivity index (χ4n) is 1.41. The third-order valence-electron chi connectivity index (χ3n) is 2.65. The lowest BCUT2D eigenvalue weighted by molar-refractivity contribution is 0.589. The molecule has 5 nitrogen and oxygen atoms in total. The fraction of sp³-hybridized carbons (Fsp3) is 0.455. The number of nitrogens with zero attached hydrogens (tertiary/aromatic N) is 2. The molecule has 0 aliphatic carbocycles. The highest BCUT2D eigenvalue weighted by molar-refractivity contribution is 8.00. The summed E-state index contributed by atoms with van der Waals surface area (Å²) < 4.78 is 23.4. The van der Waals surface area contributed by atoms with Gasteiger partial charge in [-0.3, -0.25) is 0 Å². The molecule has 0 bridgehead atoms. The van der Waals surface area contributed by atoms with Gasteiger partial charge in [0.1, 0.15) is 10.6 Å². The molecule has 2 aromatic heterocycles. The lowest BCUT2D eigenvalue weighted by atomic mass is 10.4. The first-order chi connectivity index (χ1) is 8.90. The first-order valence-electron chi connectivity index (χ1n) is 5.75. The molecule has 0 saturated heterocycles. The monoisotopic (exact) mass is 317 g/mol. The summed E-state index contributed by atoms with van der Waals surface area (Å²) in [7, 11) is -3.02. The van der Waals surface area contributed by atoms with E-state index in [-0.39, 0.29) is 11.0 Å². The van der Waals surface area contributed by atoms with Gasteiger partial charge in [0.2, 0.25) is 0 Å². The number of hydrogen-bond donors (Lipinski definition) is 1. The standard InChI is InChI=1S/C11H15N3O2S3/c1-7(2)19(15,16)6-5-18-11-13-9(12)8-3-4-17-10(8)14-11/h3-4,7H,5-6H2,1-2H3,(H2,12,13,14). The van der Waals surface area contributed by atoms with Crippen molar-refractivity contribution in [1.29, 1.82) is 0 Å². The number of nitrogen functional groups attached to an aromatic ring is 1. The van der Waals surface area contributed by atoms with Gasteiger partial charge in [-0.1, -0.05) is 11.8 Å². The number of anilines is 1. The first-order valence-corrected chi connectivity index (χ1v) is 9.33. The van der Waals surface area contributed by atoms with E-state index in [9.17, 15) is 8.42 Å². The van der Waals surface area contributed by atoms with Crippen molar-refractivity contribution in [1.82, 2.24) is 9.97 Å². The average molecular weight is 317 g/mol. The van der Waals surface area contributed by atoms with E-state index in [1.807, 2.05) is 11.4 Å². The highest BCUT2D eigenvalue weighted by Crippen LogP contribution is 2.26. The third-order valence-corrected chi connectivity index (χ3v) is 6.77. The fourth-order valence-corrected chi connectivity index (χ4v) is 4.47. The van der Waals surface area contributed by atoms with Gasteiger partial charge in [-0.15, -0.1) is 11.3 Å². The topological polar surface area (TPSA) is 85.9 Å². The Labute approximate surface area is 120 Å². The lowest BCUT2D eigenvalue weighted by Gasteiger charge is -2.06. The summed E-state index contributed by atoms with van der Waals surface area (Å²) in [5.74, 6) is 1.01. The molecule has 2 aromatic rings. The van der Waals surface area contributed by atoms with E-state index in [1.165, 1.54) is 23.1 Å². The van der Waals surface area contributed by atoms with Gasteiger partial charge in [0, 0.05) is 5.75 Å². The zero-order chi connectivity index (χ0) is 14.0. The van der Waals surface area contributed by atoms with Crippen molar-refractivity contribution in [3.8, 4) is 0 Å². The van der Waals surface area contributed by atoms with Crippen LogP contribution in [0.15, 0.2) is 16.6 Å². The smallest absolute Gasteiger partial charge is 0.190 e. The second-order valence-electron chi connectivity index (χ2n) is 4.30. The molecule has 104 valence electrons. The normalized spacial score (nSPS) is 12.4. The predicted octanol–water partition coefficient (Wildman–Crippen LogP) is 2.19. The number of hydrogen-bond acceptors (Lipinski definition) is 7. The van der Waals surface area contributed by atoms with Crippen LogP contribution in [0.25, 0.3) is 10.2 Å². The maximum absolute atomic E-state index is 11.7. The molecule has 0 amide bonds. The van der Waals surface area contributed by atoms with Crippen molar-refractivity contribution in [2.45, 2.75) is 24.3 Å². The van der Waals surface area contributed by atoms with E-state index in [0.29, 0.717) is 16.7 Å². The molecule has 0 radical (unpaired) electrons. The van der Waals surface area contributed by atoms with E-state index in [4.69, 9.17) is 5.73 Å². The van der Waals surface area contributed by atoms with Crippen LogP contribution in [-0.2, 0) is 9.84 Å². The molecule has 0 saturated carbocycles. The molecule has 8 heteroatoms. The Balaban J connectivity index is 2.06. The molecule has 0 atom stereocenters. The van der Waals surface area contributed by atoms with Gasteiger partial charge in [-0.25, -0.2) is 18.4 Å². The number of rotatable bonds is 5. The maximum atomic E-state index is 11.7. The first kappa shape index (κ1) is 14.5. The van der Waals surface area contributed by atoms with Gasteiger partial charge in [-0.2, -0.15) is 0 Å². The van der Waals surface area contributed by atoms with Crippen LogP contribution >= 0.6 is 23.1 Å². The molecule has 2 rings (SSSR count). The average Bonchev–Trinajstić information content (AvgIpc) is 2.77. The minimum Gasteiger partial charge on any atom is -0.383 e. The number of aromatic nitrogens is 2. The number of sulfone groups is 1. The van der Waals surface area contributed by atoms with Crippen LogP contribution in [0.4, 0.5) is 5.82 Å².